The molecule has 3 heteroatoms. The highest BCUT2D eigenvalue weighted by Crippen LogP contribution is 2.15. The van der Waals surface area contributed by atoms with Crippen molar-refractivity contribution in [2.45, 2.75) is 26.2 Å². The Morgan fingerprint density at radius 3 is 2.92 bits per heavy atom. The van der Waals surface area contributed by atoms with Crippen LogP contribution in [0.5, 0.6) is 0 Å². The van der Waals surface area contributed by atoms with Crippen LogP contribution in [0.1, 0.15) is 24.1 Å². The number of nitrogens with zero attached hydrogens (tertiary/aromatic N) is 1. The first-order chi connectivity index (χ1) is 6.24. The second kappa shape index (κ2) is 4.97. The summed E-state index contributed by atoms with van der Waals surface area (Å²) in [5.41, 5.74) is 1.94. The third-order valence-electron chi connectivity index (χ3n) is 1.83. The van der Waals surface area contributed by atoms with Gasteiger partial charge in [-0.05, 0) is 31.4 Å². The van der Waals surface area contributed by atoms with Crippen molar-refractivity contribution in [3.05, 3.63) is 28.5 Å². The maximum Gasteiger partial charge on any atom is 0.132 e. The fraction of sp³-hybridized carbons (Fsp3) is 0.400. The van der Waals surface area contributed by atoms with Gasteiger partial charge in [-0.1, -0.05) is 17.7 Å². The number of carbonyl (C=O) groups is 1. The summed E-state index contributed by atoms with van der Waals surface area (Å²) < 4.78 is 0. The van der Waals surface area contributed by atoms with Gasteiger partial charge in [-0.15, -0.1) is 0 Å². The van der Waals surface area contributed by atoms with Crippen molar-refractivity contribution in [1.29, 1.82) is 0 Å². The monoisotopic (exact) mass is 197 g/mol. The fourth-order valence-electron chi connectivity index (χ4n) is 1.12. The molecule has 0 amide bonds. The first-order valence-electron chi connectivity index (χ1n) is 4.29. The lowest BCUT2D eigenvalue weighted by molar-refractivity contribution is -0.107. The van der Waals surface area contributed by atoms with E-state index in [4.69, 9.17) is 11.6 Å². The van der Waals surface area contributed by atoms with Gasteiger partial charge in [0.05, 0.1) is 0 Å². The van der Waals surface area contributed by atoms with Crippen LogP contribution in [0.15, 0.2) is 12.1 Å². The maximum absolute atomic E-state index is 10.1. The standard InChI is InChI=1S/C10H12ClNO/c1-8-5-6-9(10(11)12-8)4-2-3-7-13/h5-7H,2-4H2,1H3. The highest BCUT2D eigenvalue weighted by atomic mass is 35.5. The van der Waals surface area contributed by atoms with Crippen molar-refractivity contribution < 1.29 is 4.79 Å². The number of pyridine rings is 1. The molecule has 1 aromatic heterocycles. The second-order valence-electron chi connectivity index (χ2n) is 2.96. The Hall–Kier alpha value is -0.890. The molecule has 0 bridgehead atoms. The molecule has 0 spiro atoms. The molecule has 1 aromatic rings. The van der Waals surface area contributed by atoms with Crippen LogP contribution < -0.4 is 0 Å². The van der Waals surface area contributed by atoms with Crippen LogP contribution in [0.25, 0.3) is 0 Å². The van der Waals surface area contributed by atoms with Crippen LogP contribution in [0.2, 0.25) is 5.15 Å². The van der Waals surface area contributed by atoms with Crippen molar-refractivity contribution in [2.75, 3.05) is 0 Å². The van der Waals surface area contributed by atoms with Crippen LogP contribution in [-0.2, 0) is 11.2 Å². The van der Waals surface area contributed by atoms with Crippen LogP contribution in [0.4, 0.5) is 0 Å². The Bertz CT molecular complexity index is 299. The van der Waals surface area contributed by atoms with E-state index in [0.29, 0.717) is 11.6 Å². The minimum atomic E-state index is 0.561. The Kier molecular flexibility index (Phi) is 3.90. The number of aldehydes is 1. The number of hydrogen-bond donors (Lipinski definition) is 0. The van der Waals surface area contributed by atoms with Gasteiger partial charge in [0.25, 0.3) is 0 Å². The van der Waals surface area contributed by atoms with Gasteiger partial charge in [0.15, 0.2) is 0 Å². The number of hydrogen-bond acceptors (Lipinski definition) is 2. The third kappa shape index (κ3) is 3.15. The Balaban J connectivity index is 2.61. The Morgan fingerprint density at radius 1 is 1.54 bits per heavy atom. The van der Waals surface area contributed by atoms with Crippen LogP contribution in [-0.4, -0.2) is 11.3 Å². The average Bonchev–Trinajstić information content (AvgIpc) is 2.09. The van der Waals surface area contributed by atoms with E-state index in [1.807, 2.05) is 19.1 Å². The predicted molar refractivity (Wildman–Crippen MR) is 53.0 cm³/mol. The summed E-state index contributed by atoms with van der Waals surface area (Å²) in [5, 5.41) is 0.561. The fourth-order valence-corrected chi connectivity index (χ4v) is 1.41. The van der Waals surface area contributed by atoms with E-state index in [-0.39, 0.29) is 0 Å². The molecule has 70 valence electrons. The van der Waals surface area contributed by atoms with E-state index in [2.05, 4.69) is 4.98 Å². The lowest BCUT2D eigenvalue weighted by Gasteiger charge is -2.02. The molecule has 2 nitrogen and oxygen atoms in total. The summed E-state index contributed by atoms with van der Waals surface area (Å²) in [4.78, 5) is 14.2. The van der Waals surface area contributed by atoms with E-state index in [1.54, 1.807) is 0 Å². The quantitative estimate of drug-likeness (QED) is 0.422. The SMILES string of the molecule is Cc1ccc(CCCC=O)c(Cl)n1. The van der Waals surface area contributed by atoms with Crippen molar-refractivity contribution in [1.82, 2.24) is 4.98 Å². The molecule has 0 fully saturated rings. The Labute approximate surface area is 82.9 Å². The molecule has 0 saturated heterocycles. The van der Waals surface area contributed by atoms with Crippen molar-refractivity contribution in [3.63, 3.8) is 0 Å². The van der Waals surface area contributed by atoms with E-state index in [9.17, 15) is 4.79 Å². The number of unbranched alkanes of at least 4 members (excludes halogenated alkanes) is 1. The van der Waals surface area contributed by atoms with Crippen LogP contribution >= 0.6 is 11.6 Å². The molecule has 0 radical (unpaired) electrons. The maximum atomic E-state index is 10.1. The molecule has 0 aliphatic rings. The number of aryl methyl sites for hydroxylation is 2. The summed E-state index contributed by atoms with van der Waals surface area (Å²) in [6, 6.07) is 3.90. The largest absolute Gasteiger partial charge is 0.303 e. The molecular weight excluding hydrogens is 186 g/mol. The molecule has 0 atom stereocenters. The minimum Gasteiger partial charge on any atom is -0.303 e. The molecule has 0 aromatic carbocycles. The normalized spacial score (nSPS) is 10.0. The first kappa shape index (κ1) is 10.2. The van der Waals surface area contributed by atoms with Gasteiger partial charge in [-0.25, -0.2) is 4.98 Å². The van der Waals surface area contributed by atoms with Gasteiger partial charge in [0.1, 0.15) is 11.4 Å². The zero-order chi connectivity index (χ0) is 9.68. The zero-order valence-corrected chi connectivity index (χ0v) is 8.34. The third-order valence-corrected chi connectivity index (χ3v) is 2.16. The van der Waals surface area contributed by atoms with Crippen molar-refractivity contribution >= 4 is 17.9 Å². The summed E-state index contributed by atoms with van der Waals surface area (Å²) >= 11 is 5.91. The average molecular weight is 198 g/mol. The molecule has 0 unspecified atom stereocenters. The van der Waals surface area contributed by atoms with Gasteiger partial charge < -0.3 is 4.79 Å². The molecule has 0 saturated carbocycles. The predicted octanol–water partition coefficient (Wildman–Crippen LogP) is 2.57. The minimum absolute atomic E-state index is 0.561. The molecule has 1 rings (SSSR count). The smallest absolute Gasteiger partial charge is 0.132 e. The van der Waals surface area contributed by atoms with Crippen molar-refractivity contribution in [3.8, 4) is 0 Å². The van der Waals surface area contributed by atoms with E-state index < -0.39 is 0 Å². The van der Waals surface area contributed by atoms with Crippen LogP contribution in [0.3, 0.4) is 0 Å². The second-order valence-corrected chi connectivity index (χ2v) is 3.32. The lowest BCUT2D eigenvalue weighted by Crippen LogP contribution is -1.91. The van der Waals surface area contributed by atoms with E-state index in [0.717, 1.165) is 30.4 Å². The zero-order valence-electron chi connectivity index (χ0n) is 7.59. The number of halogens is 1. The molecular formula is C10H12ClNO. The number of rotatable bonds is 4. The Morgan fingerprint density at radius 2 is 2.31 bits per heavy atom. The topological polar surface area (TPSA) is 30.0 Å². The van der Waals surface area contributed by atoms with Crippen molar-refractivity contribution in [2.24, 2.45) is 0 Å². The molecule has 0 aliphatic heterocycles. The highest BCUT2D eigenvalue weighted by molar-refractivity contribution is 6.30. The van der Waals surface area contributed by atoms with E-state index in [1.165, 1.54) is 0 Å². The van der Waals surface area contributed by atoms with Gasteiger partial charge in [0.2, 0.25) is 0 Å². The number of carbonyl (C=O) groups excluding carboxylic acids is 1. The van der Waals surface area contributed by atoms with Gasteiger partial charge in [-0.2, -0.15) is 0 Å². The van der Waals surface area contributed by atoms with E-state index >= 15 is 0 Å². The molecule has 13 heavy (non-hydrogen) atoms. The van der Waals surface area contributed by atoms with Gasteiger partial charge in [-0.3, -0.25) is 0 Å². The van der Waals surface area contributed by atoms with Gasteiger partial charge in [0, 0.05) is 12.1 Å². The summed E-state index contributed by atoms with van der Waals surface area (Å²) in [5.74, 6) is 0. The van der Waals surface area contributed by atoms with Gasteiger partial charge >= 0.3 is 0 Å². The lowest BCUT2D eigenvalue weighted by atomic mass is 10.1. The number of aromatic nitrogens is 1. The summed E-state index contributed by atoms with van der Waals surface area (Å²) in [6.45, 7) is 1.90. The molecule has 1 heterocycles. The first-order valence-corrected chi connectivity index (χ1v) is 4.67. The van der Waals surface area contributed by atoms with Crippen LogP contribution in [0, 0.1) is 6.92 Å². The highest BCUT2D eigenvalue weighted by Gasteiger charge is 2.00. The summed E-state index contributed by atoms with van der Waals surface area (Å²) in [7, 11) is 0. The summed E-state index contributed by atoms with van der Waals surface area (Å²) in [6.07, 6.45) is 3.18. The molecule has 0 N–H and O–H groups in total. The molecule has 0 aliphatic carbocycles.